The first kappa shape index (κ1) is 11.1. The lowest BCUT2D eigenvalue weighted by atomic mass is 9.64. The van der Waals surface area contributed by atoms with Gasteiger partial charge in [-0.05, 0) is 42.4 Å². The second-order valence-electron chi connectivity index (χ2n) is 6.45. The Morgan fingerprint density at radius 1 is 0.923 bits per heavy atom. The molecule has 2 fully saturated rings. The van der Waals surface area contributed by atoms with Crippen LogP contribution < -0.4 is 0 Å². The second-order valence-corrected chi connectivity index (χ2v) is 6.45. The van der Waals surface area contributed by atoms with Gasteiger partial charge in [0.15, 0.2) is 0 Å². The van der Waals surface area contributed by atoms with E-state index in [1.165, 1.54) is 32.1 Å². The van der Waals surface area contributed by atoms with E-state index in [2.05, 4.69) is 34.6 Å². The first-order chi connectivity index (χ1) is 5.83. The van der Waals surface area contributed by atoms with Crippen molar-refractivity contribution < 1.29 is 0 Å². The van der Waals surface area contributed by atoms with E-state index < -0.39 is 0 Å². The molecule has 0 spiro atoms. The highest BCUT2D eigenvalue weighted by molar-refractivity contribution is 4.84. The van der Waals surface area contributed by atoms with Crippen molar-refractivity contribution in [1.29, 1.82) is 0 Å². The highest BCUT2D eigenvalue weighted by Gasteiger charge is 2.34. The van der Waals surface area contributed by atoms with Gasteiger partial charge >= 0.3 is 0 Å². The minimum Gasteiger partial charge on any atom is -0.0620 e. The predicted octanol–water partition coefficient (Wildman–Crippen LogP) is 4.64. The van der Waals surface area contributed by atoms with Gasteiger partial charge in [-0.15, -0.1) is 0 Å². The largest absolute Gasteiger partial charge is 0.0620 e. The summed E-state index contributed by atoms with van der Waals surface area (Å²) in [5, 5.41) is 0. The van der Waals surface area contributed by atoms with Crippen LogP contribution in [0.25, 0.3) is 0 Å². The summed E-state index contributed by atoms with van der Waals surface area (Å²) in [6.45, 7) is 11.7. The molecule has 0 bridgehead atoms. The maximum Gasteiger partial charge on any atom is -0.0328 e. The Morgan fingerprint density at radius 2 is 1.31 bits per heavy atom. The standard InChI is InChI=1S/C7H14.C6H12/c1-6-4-5-7(6,2)3;1-6(2)4-3-5-6/h6H,4-5H2,1-3H3;3-5H2,1-2H3. The van der Waals surface area contributed by atoms with Crippen LogP contribution in [0.4, 0.5) is 0 Å². The van der Waals surface area contributed by atoms with Crippen LogP contribution in [0, 0.1) is 16.7 Å². The lowest BCUT2D eigenvalue weighted by molar-refractivity contribution is 0.0892. The van der Waals surface area contributed by atoms with Gasteiger partial charge in [-0.25, -0.2) is 0 Å². The van der Waals surface area contributed by atoms with E-state index in [0.717, 1.165) is 11.3 Å². The Balaban J connectivity index is 0.000000132. The van der Waals surface area contributed by atoms with E-state index in [0.29, 0.717) is 5.41 Å². The molecule has 2 saturated carbocycles. The fraction of sp³-hybridized carbons (Fsp3) is 1.00. The minimum atomic E-state index is 0.681. The maximum absolute atomic E-state index is 2.35. The molecule has 1 unspecified atom stereocenters. The first-order valence-electron chi connectivity index (χ1n) is 5.83. The van der Waals surface area contributed by atoms with Crippen LogP contribution in [0.3, 0.4) is 0 Å². The van der Waals surface area contributed by atoms with Crippen molar-refractivity contribution in [2.24, 2.45) is 16.7 Å². The van der Waals surface area contributed by atoms with Crippen LogP contribution >= 0.6 is 0 Å². The van der Waals surface area contributed by atoms with Crippen LogP contribution in [0.15, 0.2) is 0 Å². The third-order valence-electron chi connectivity index (χ3n) is 4.26. The summed E-state index contributed by atoms with van der Waals surface area (Å²) in [5.41, 5.74) is 1.40. The van der Waals surface area contributed by atoms with E-state index in [1.807, 2.05) is 0 Å². The van der Waals surface area contributed by atoms with Crippen molar-refractivity contribution in [3.8, 4) is 0 Å². The van der Waals surface area contributed by atoms with Crippen LogP contribution in [-0.2, 0) is 0 Å². The highest BCUT2D eigenvalue weighted by atomic mass is 14.4. The molecule has 0 radical (unpaired) electrons. The average molecular weight is 182 g/mol. The lowest BCUT2D eigenvalue weighted by Gasteiger charge is -2.42. The van der Waals surface area contributed by atoms with Gasteiger partial charge in [0.2, 0.25) is 0 Å². The fourth-order valence-electron chi connectivity index (χ4n) is 1.89. The molecule has 0 saturated heterocycles. The third-order valence-corrected chi connectivity index (χ3v) is 4.26. The molecule has 0 aromatic heterocycles. The molecule has 0 N–H and O–H groups in total. The van der Waals surface area contributed by atoms with Crippen LogP contribution in [0.1, 0.15) is 66.7 Å². The van der Waals surface area contributed by atoms with Crippen molar-refractivity contribution in [3.05, 3.63) is 0 Å². The summed E-state index contributed by atoms with van der Waals surface area (Å²) >= 11 is 0. The van der Waals surface area contributed by atoms with Gasteiger partial charge in [-0.3, -0.25) is 0 Å². The normalized spacial score (nSPS) is 33.5. The zero-order valence-electron chi connectivity index (χ0n) is 10.1. The Morgan fingerprint density at radius 3 is 1.31 bits per heavy atom. The van der Waals surface area contributed by atoms with Crippen molar-refractivity contribution in [2.75, 3.05) is 0 Å². The quantitative estimate of drug-likeness (QED) is 0.512. The molecule has 0 aliphatic heterocycles. The summed E-state index contributed by atoms with van der Waals surface area (Å²) in [7, 11) is 0. The van der Waals surface area contributed by atoms with Gasteiger partial charge in [0.05, 0.1) is 0 Å². The lowest BCUT2D eigenvalue weighted by Crippen LogP contribution is -2.31. The van der Waals surface area contributed by atoms with Gasteiger partial charge < -0.3 is 0 Å². The molecule has 2 rings (SSSR count). The van der Waals surface area contributed by atoms with Gasteiger partial charge in [0.1, 0.15) is 0 Å². The van der Waals surface area contributed by atoms with Crippen LogP contribution in [0.2, 0.25) is 0 Å². The zero-order valence-corrected chi connectivity index (χ0v) is 10.1. The summed E-state index contributed by atoms with van der Waals surface area (Å²) in [4.78, 5) is 0. The molecule has 0 nitrogen and oxygen atoms in total. The topological polar surface area (TPSA) is 0 Å². The molecule has 78 valence electrons. The second kappa shape index (κ2) is 3.63. The van der Waals surface area contributed by atoms with Gasteiger partial charge in [-0.1, -0.05) is 41.0 Å². The van der Waals surface area contributed by atoms with E-state index >= 15 is 0 Å². The molecule has 2 aliphatic rings. The molecule has 0 aromatic carbocycles. The van der Waals surface area contributed by atoms with Crippen LogP contribution in [-0.4, -0.2) is 0 Å². The predicted molar refractivity (Wildman–Crippen MR) is 59.8 cm³/mol. The number of rotatable bonds is 0. The molecule has 13 heavy (non-hydrogen) atoms. The summed E-state index contributed by atoms with van der Waals surface area (Å²) < 4.78 is 0. The molecule has 2 aliphatic carbocycles. The van der Waals surface area contributed by atoms with Crippen molar-refractivity contribution in [2.45, 2.75) is 66.7 Å². The highest BCUT2D eigenvalue weighted by Crippen LogP contribution is 2.45. The van der Waals surface area contributed by atoms with E-state index in [1.54, 1.807) is 0 Å². The monoisotopic (exact) mass is 182 g/mol. The first-order valence-corrected chi connectivity index (χ1v) is 5.83. The molecule has 0 amide bonds. The Hall–Kier alpha value is 0. The van der Waals surface area contributed by atoms with Crippen molar-refractivity contribution >= 4 is 0 Å². The maximum atomic E-state index is 2.35. The summed E-state index contributed by atoms with van der Waals surface area (Å²) in [5.74, 6) is 0.979. The molecular weight excluding hydrogens is 156 g/mol. The van der Waals surface area contributed by atoms with Crippen LogP contribution in [0.5, 0.6) is 0 Å². The van der Waals surface area contributed by atoms with Gasteiger partial charge in [0.25, 0.3) is 0 Å². The number of hydrogen-bond donors (Lipinski definition) is 0. The van der Waals surface area contributed by atoms with Gasteiger partial charge in [-0.2, -0.15) is 0 Å². The average Bonchev–Trinajstić information content (AvgIpc) is 2.01. The SMILES string of the molecule is CC1(C)CCC1.CC1CCC1(C)C. The summed E-state index contributed by atoms with van der Waals surface area (Å²) in [6, 6.07) is 0. The van der Waals surface area contributed by atoms with Crippen molar-refractivity contribution in [3.63, 3.8) is 0 Å². The van der Waals surface area contributed by atoms with E-state index in [9.17, 15) is 0 Å². The molecule has 0 aromatic rings. The van der Waals surface area contributed by atoms with E-state index in [-0.39, 0.29) is 0 Å². The van der Waals surface area contributed by atoms with Crippen molar-refractivity contribution in [1.82, 2.24) is 0 Å². The fourth-order valence-corrected chi connectivity index (χ4v) is 1.89. The Kier molecular flexibility index (Phi) is 3.09. The Labute approximate surface area is 84.1 Å². The van der Waals surface area contributed by atoms with E-state index in [4.69, 9.17) is 0 Å². The molecule has 0 heteroatoms. The minimum absolute atomic E-state index is 0.681. The zero-order chi connectivity index (χ0) is 10.1. The third kappa shape index (κ3) is 3.00. The smallest absolute Gasteiger partial charge is 0.0328 e. The Bertz CT molecular complexity index is 159. The molecule has 1 atom stereocenters. The molecular formula is C13H26. The summed E-state index contributed by atoms with van der Waals surface area (Å²) in [6.07, 6.45) is 7.26. The molecule has 0 heterocycles. The number of hydrogen-bond acceptors (Lipinski definition) is 0. The van der Waals surface area contributed by atoms with Gasteiger partial charge in [0, 0.05) is 0 Å².